The maximum Gasteiger partial charge on any atom is 0.209 e. The molecule has 0 unspecified atom stereocenters. The number of rotatable bonds is 6. The van der Waals surface area contributed by atoms with E-state index in [1.165, 1.54) is 7.11 Å². The summed E-state index contributed by atoms with van der Waals surface area (Å²) in [5, 5.41) is 13.7. The van der Waals surface area contributed by atoms with E-state index in [-0.39, 0.29) is 18.8 Å². The number of nitrogens with two attached hydrogens (primary N) is 1. The van der Waals surface area contributed by atoms with Crippen LogP contribution in [0.3, 0.4) is 0 Å². The van der Waals surface area contributed by atoms with Gasteiger partial charge in [-0.05, 0) is 18.6 Å². The first kappa shape index (κ1) is 14.3. The van der Waals surface area contributed by atoms with Gasteiger partial charge in [0, 0.05) is 6.07 Å². The summed E-state index contributed by atoms with van der Waals surface area (Å²) in [4.78, 5) is 0. The first-order valence-corrected chi connectivity index (χ1v) is 6.88. The Morgan fingerprint density at radius 2 is 2.00 bits per heavy atom. The summed E-state index contributed by atoms with van der Waals surface area (Å²) >= 11 is 0. The molecule has 0 aliphatic rings. The van der Waals surface area contributed by atoms with Crippen molar-refractivity contribution in [3.8, 4) is 17.6 Å². The number of methoxy groups -OCH3 is 1. The normalized spacial score (nSPS) is 10.7. The molecule has 0 fully saturated rings. The Labute approximate surface area is 106 Å². The van der Waals surface area contributed by atoms with Crippen LogP contribution in [0.5, 0.6) is 11.5 Å². The quantitative estimate of drug-likeness (QED) is 0.763. The molecule has 0 aliphatic heterocycles. The number of ether oxygens (including phenoxy) is 2. The van der Waals surface area contributed by atoms with E-state index in [0.717, 1.165) is 0 Å². The van der Waals surface area contributed by atoms with Gasteiger partial charge in [-0.3, -0.25) is 0 Å². The van der Waals surface area contributed by atoms with E-state index < -0.39 is 10.0 Å². The molecule has 0 bridgehead atoms. The van der Waals surface area contributed by atoms with Crippen molar-refractivity contribution in [2.75, 3.05) is 19.5 Å². The van der Waals surface area contributed by atoms with Crippen LogP contribution < -0.4 is 14.6 Å². The van der Waals surface area contributed by atoms with Gasteiger partial charge in [-0.1, -0.05) is 0 Å². The summed E-state index contributed by atoms with van der Waals surface area (Å²) in [6, 6.07) is 6.74. The molecule has 0 aromatic heterocycles. The van der Waals surface area contributed by atoms with Crippen LogP contribution in [0.1, 0.15) is 12.0 Å². The van der Waals surface area contributed by atoms with Crippen LogP contribution in [-0.4, -0.2) is 27.9 Å². The van der Waals surface area contributed by atoms with Gasteiger partial charge in [0.25, 0.3) is 0 Å². The minimum Gasteiger partial charge on any atom is -0.497 e. The van der Waals surface area contributed by atoms with Crippen LogP contribution in [0, 0.1) is 11.3 Å². The highest BCUT2D eigenvalue weighted by atomic mass is 32.2. The van der Waals surface area contributed by atoms with Crippen molar-refractivity contribution in [3.63, 3.8) is 0 Å². The smallest absolute Gasteiger partial charge is 0.209 e. The van der Waals surface area contributed by atoms with Gasteiger partial charge < -0.3 is 9.47 Å². The molecule has 0 saturated carbocycles. The molecule has 2 N–H and O–H groups in total. The van der Waals surface area contributed by atoms with Crippen molar-refractivity contribution in [2.24, 2.45) is 5.14 Å². The minimum absolute atomic E-state index is 0.137. The van der Waals surface area contributed by atoms with Crippen LogP contribution >= 0.6 is 0 Å². The maximum atomic E-state index is 10.7. The topological polar surface area (TPSA) is 102 Å². The molecular formula is C11H14N2O4S. The van der Waals surface area contributed by atoms with Crippen LogP contribution in [0.25, 0.3) is 0 Å². The number of hydrogen-bond donors (Lipinski definition) is 1. The zero-order chi connectivity index (χ0) is 13.6. The van der Waals surface area contributed by atoms with E-state index in [2.05, 4.69) is 0 Å². The predicted octanol–water partition coefficient (Wildman–Crippen LogP) is 0.624. The highest BCUT2D eigenvalue weighted by Gasteiger charge is 2.04. The third-order valence-corrected chi connectivity index (χ3v) is 2.94. The second-order valence-electron chi connectivity index (χ2n) is 3.58. The predicted molar refractivity (Wildman–Crippen MR) is 65.8 cm³/mol. The number of hydrogen-bond acceptors (Lipinski definition) is 5. The molecule has 18 heavy (non-hydrogen) atoms. The first-order valence-electron chi connectivity index (χ1n) is 5.17. The summed E-state index contributed by atoms with van der Waals surface area (Å²) in [5.74, 6) is 0.832. The van der Waals surface area contributed by atoms with Gasteiger partial charge in [0.15, 0.2) is 0 Å². The second-order valence-corrected chi connectivity index (χ2v) is 5.31. The third kappa shape index (κ3) is 5.03. The van der Waals surface area contributed by atoms with Gasteiger partial charge in [-0.15, -0.1) is 0 Å². The van der Waals surface area contributed by atoms with Crippen molar-refractivity contribution >= 4 is 10.0 Å². The molecule has 1 aromatic carbocycles. The number of sulfonamides is 1. The Kier molecular flexibility index (Phi) is 4.95. The summed E-state index contributed by atoms with van der Waals surface area (Å²) in [6.45, 7) is 0.203. The molecule has 1 aromatic rings. The fraction of sp³-hybridized carbons (Fsp3) is 0.364. The van der Waals surface area contributed by atoms with Crippen molar-refractivity contribution in [1.82, 2.24) is 0 Å². The van der Waals surface area contributed by atoms with Crippen LogP contribution in [0.2, 0.25) is 0 Å². The Bertz CT molecular complexity index is 549. The Morgan fingerprint density at radius 1 is 1.33 bits per heavy atom. The van der Waals surface area contributed by atoms with E-state index in [0.29, 0.717) is 17.1 Å². The number of nitrogens with zero attached hydrogens (tertiary/aromatic N) is 1. The fourth-order valence-electron chi connectivity index (χ4n) is 1.29. The van der Waals surface area contributed by atoms with Gasteiger partial charge in [0.2, 0.25) is 10.0 Å². The van der Waals surface area contributed by atoms with Gasteiger partial charge >= 0.3 is 0 Å². The van der Waals surface area contributed by atoms with E-state index in [4.69, 9.17) is 19.9 Å². The Morgan fingerprint density at radius 3 is 2.56 bits per heavy atom. The maximum absolute atomic E-state index is 10.7. The molecular weight excluding hydrogens is 256 g/mol. The monoisotopic (exact) mass is 270 g/mol. The average molecular weight is 270 g/mol. The molecule has 0 aliphatic carbocycles. The summed E-state index contributed by atoms with van der Waals surface area (Å²) < 4.78 is 31.8. The van der Waals surface area contributed by atoms with E-state index in [1.807, 2.05) is 6.07 Å². The van der Waals surface area contributed by atoms with E-state index in [9.17, 15) is 8.42 Å². The standard InChI is InChI=1S/C11H14N2O4S/c1-16-10-5-9(8-12)6-11(7-10)17-3-2-4-18(13,14)15/h5-7H,2-4H2,1H3,(H2,13,14,15). The molecule has 7 heteroatoms. The van der Waals surface area contributed by atoms with Crippen LogP contribution in [0.4, 0.5) is 0 Å². The summed E-state index contributed by atoms with van der Waals surface area (Å²) in [7, 11) is -1.97. The lowest BCUT2D eigenvalue weighted by molar-refractivity contribution is 0.314. The van der Waals surface area contributed by atoms with Crippen molar-refractivity contribution in [2.45, 2.75) is 6.42 Å². The lowest BCUT2D eigenvalue weighted by Gasteiger charge is -2.08. The van der Waals surface area contributed by atoms with Crippen molar-refractivity contribution in [1.29, 1.82) is 5.26 Å². The Hall–Kier alpha value is -1.78. The van der Waals surface area contributed by atoms with Crippen LogP contribution in [-0.2, 0) is 10.0 Å². The van der Waals surface area contributed by atoms with Crippen molar-refractivity contribution < 1.29 is 17.9 Å². The second kappa shape index (κ2) is 6.23. The zero-order valence-electron chi connectivity index (χ0n) is 9.92. The molecule has 6 nitrogen and oxygen atoms in total. The highest BCUT2D eigenvalue weighted by molar-refractivity contribution is 7.89. The van der Waals surface area contributed by atoms with Gasteiger partial charge in [0.05, 0.1) is 31.1 Å². The van der Waals surface area contributed by atoms with Crippen LogP contribution in [0.15, 0.2) is 18.2 Å². The lowest BCUT2D eigenvalue weighted by Crippen LogP contribution is -2.18. The lowest BCUT2D eigenvalue weighted by atomic mass is 10.2. The SMILES string of the molecule is COc1cc(C#N)cc(OCCCS(N)(=O)=O)c1. The zero-order valence-corrected chi connectivity index (χ0v) is 10.7. The Balaban J connectivity index is 2.60. The molecule has 0 radical (unpaired) electrons. The van der Waals surface area contributed by atoms with Gasteiger partial charge in [0.1, 0.15) is 11.5 Å². The number of benzene rings is 1. The molecule has 0 saturated heterocycles. The van der Waals surface area contributed by atoms with Gasteiger partial charge in [-0.25, -0.2) is 13.6 Å². The molecule has 0 spiro atoms. The number of nitriles is 1. The van der Waals surface area contributed by atoms with Gasteiger partial charge in [-0.2, -0.15) is 5.26 Å². The first-order chi connectivity index (χ1) is 8.44. The summed E-state index contributed by atoms with van der Waals surface area (Å²) in [6.07, 6.45) is 0.290. The van der Waals surface area contributed by atoms with E-state index in [1.54, 1.807) is 18.2 Å². The third-order valence-electron chi connectivity index (χ3n) is 2.09. The molecule has 0 amide bonds. The highest BCUT2D eigenvalue weighted by Crippen LogP contribution is 2.22. The molecule has 1 rings (SSSR count). The summed E-state index contributed by atoms with van der Waals surface area (Å²) in [5.41, 5.74) is 0.413. The number of primary sulfonamides is 1. The molecule has 0 heterocycles. The molecule has 98 valence electrons. The minimum atomic E-state index is -3.46. The van der Waals surface area contributed by atoms with Crippen molar-refractivity contribution in [3.05, 3.63) is 23.8 Å². The molecule has 0 atom stereocenters. The largest absolute Gasteiger partial charge is 0.497 e. The average Bonchev–Trinajstić information content (AvgIpc) is 2.33. The fourth-order valence-corrected chi connectivity index (χ4v) is 1.81. The van der Waals surface area contributed by atoms with E-state index >= 15 is 0 Å².